The Morgan fingerprint density at radius 1 is 1.03 bits per heavy atom. The Morgan fingerprint density at radius 3 is 2.56 bits per heavy atom. The Balaban J connectivity index is 1.53. The van der Waals surface area contributed by atoms with E-state index >= 15 is 0 Å². The number of rotatable bonds is 8. The van der Waals surface area contributed by atoms with E-state index in [0.29, 0.717) is 19.3 Å². The molecule has 164 valence electrons. The summed E-state index contributed by atoms with van der Waals surface area (Å²) in [5, 5.41) is 11.1. The lowest BCUT2D eigenvalue weighted by molar-refractivity contribution is -0.126. The molecular formula is C26H27N3O2S. The summed E-state index contributed by atoms with van der Waals surface area (Å²) in [6.45, 7) is 3.94. The van der Waals surface area contributed by atoms with E-state index in [0.717, 1.165) is 38.8 Å². The summed E-state index contributed by atoms with van der Waals surface area (Å²) in [5.74, 6) is -0.339. The van der Waals surface area contributed by atoms with E-state index in [-0.39, 0.29) is 11.8 Å². The third-order valence-electron chi connectivity index (χ3n) is 5.70. The Morgan fingerprint density at radius 2 is 1.81 bits per heavy atom. The quantitative estimate of drug-likeness (QED) is 0.351. The Kier molecular flexibility index (Phi) is 6.71. The van der Waals surface area contributed by atoms with Crippen LogP contribution >= 0.6 is 11.3 Å². The molecule has 2 amide bonds. The SMILES string of the molecule is Cc1cccc(C)c1NC(=O)C(Cc1c[nH]c2ccccc12)NC(=O)CCc1ccsc1. The lowest BCUT2D eigenvalue weighted by Gasteiger charge is -2.20. The number of thiophene rings is 1. The Labute approximate surface area is 191 Å². The predicted molar refractivity (Wildman–Crippen MR) is 131 cm³/mol. The molecule has 0 bridgehead atoms. The van der Waals surface area contributed by atoms with Crippen LogP contribution in [-0.4, -0.2) is 22.8 Å². The van der Waals surface area contributed by atoms with Gasteiger partial charge >= 0.3 is 0 Å². The summed E-state index contributed by atoms with van der Waals surface area (Å²) < 4.78 is 0. The van der Waals surface area contributed by atoms with Gasteiger partial charge in [-0.1, -0.05) is 36.4 Å². The van der Waals surface area contributed by atoms with Crippen molar-refractivity contribution in [1.29, 1.82) is 0 Å². The summed E-state index contributed by atoms with van der Waals surface area (Å²) in [6, 6.07) is 15.2. The van der Waals surface area contributed by atoms with E-state index in [4.69, 9.17) is 0 Å². The Bertz CT molecular complexity index is 1210. The van der Waals surface area contributed by atoms with Crippen molar-refractivity contribution in [2.45, 2.75) is 39.2 Å². The van der Waals surface area contributed by atoms with Crippen molar-refractivity contribution in [3.8, 4) is 0 Å². The number of hydrogen-bond donors (Lipinski definition) is 3. The fourth-order valence-electron chi connectivity index (χ4n) is 3.91. The summed E-state index contributed by atoms with van der Waals surface area (Å²) >= 11 is 1.62. The highest BCUT2D eigenvalue weighted by molar-refractivity contribution is 7.07. The standard InChI is InChI=1S/C26H27N3O2S/c1-17-6-5-7-18(2)25(17)29-26(31)23(28-24(30)11-10-19-12-13-32-16-19)14-20-15-27-22-9-4-3-8-21(20)22/h3-9,12-13,15-16,23,27H,10-11,14H2,1-2H3,(H,28,30)(H,29,31). The molecule has 1 atom stereocenters. The molecule has 32 heavy (non-hydrogen) atoms. The molecule has 0 fully saturated rings. The van der Waals surface area contributed by atoms with Gasteiger partial charge in [0.2, 0.25) is 11.8 Å². The molecule has 2 heterocycles. The third-order valence-corrected chi connectivity index (χ3v) is 6.43. The predicted octanol–water partition coefficient (Wildman–Crippen LogP) is 5.15. The smallest absolute Gasteiger partial charge is 0.247 e. The van der Waals surface area contributed by atoms with Crippen LogP contribution in [0, 0.1) is 13.8 Å². The summed E-state index contributed by atoms with van der Waals surface area (Å²) in [6.07, 6.45) is 3.33. The van der Waals surface area contributed by atoms with Crippen molar-refractivity contribution in [2.75, 3.05) is 5.32 Å². The van der Waals surface area contributed by atoms with Crippen molar-refractivity contribution in [2.24, 2.45) is 0 Å². The van der Waals surface area contributed by atoms with Crippen LogP contribution in [0.4, 0.5) is 5.69 Å². The van der Waals surface area contributed by atoms with Crippen LogP contribution in [0.2, 0.25) is 0 Å². The topological polar surface area (TPSA) is 74.0 Å². The fourth-order valence-corrected chi connectivity index (χ4v) is 4.61. The minimum atomic E-state index is -0.678. The van der Waals surface area contributed by atoms with Gasteiger partial charge in [-0.2, -0.15) is 11.3 Å². The van der Waals surface area contributed by atoms with Gasteiger partial charge in [-0.05, 0) is 65.4 Å². The number of anilines is 1. The molecule has 4 aromatic rings. The third kappa shape index (κ3) is 5.08. The second-order valence-corrected chi connectivity index (χ2v) is 8.85. The molecule has 0 saturated carbocycles. The minimum absolute atomic E-state index is 0.127. The number of aromatic nitrogens is 1. The lowest BCUT2D eigenvalue weighted by atomic mass is 10.0. The number of amides is 2. The van der Waals surface area contributed by atoms with E-state index in [1.807, 2.05) is 79.3 Å². The highest BCUT2D eigenvalue weighted by Crippen LogP contribution is 2.22. The molecule has 0 aliphatic heterocycles. The van der Waals surface area contributed by atoms with Crippen molar-refractivity contribution < 1.29 is 9.59 Å². The number of para-hydroxylation sites is 2. The van der Waals surface area contributed by atoms with Gasteiger partial charge in [0, 0.05) is 35.6 Å². The monoisotopic (exact) mass is 445 g/mol. The normalized spacial score (nSPS) is 11.9. The number of hydrogen-bond acceptors (Lipinski definition) is 3. The molecule has 0 aliphatic carbocycles. The molecule has 2 aromatic heterocycles. The van der Waals surface area contributed by atoms with Crippen LogP contribution in [0.1, 0.15) is 28.7 Å². The molecule has 0 radical (unpaired) electrons. The van der Waals surface area contributed by atoms with Gasteiger partial charge < -0.3 is 15.6 Å². The highest BCUT2D eigenvalue weighted by atomic mass is 32.1. The van der Waals surface area contributed by atoms with E-state index in [1.165, 1.54) is 0 Å². The fraction of sp³-hybridized carbons (Fsp3) is 0.231. The number of H-pyrrole nitrogens is 1. The van der Waals surface area contributed by atoms with E-state index in [2.05, 4.69) is 15.6 Å². The molecular weight excluding hydrogens is 418 g/mol. The van der Waals surface area contributed by atoms with Crippen LogP contribution in [0.15, 0.2) is 65.5 Å². The molecule has 1 unspecified atom stereocenters. The van der Waals surface area contributed by atoms with Gasteiger partial charge in [0.25, 0.3) is 0 Å². The zero-order valence-electron chi connectivity index (χ0n) is 18.3. The molecule has 6 heteroatoms. The maximum absolute atomic E-state index is 13.3. The minimum Gasteiger partial charge on any atom is -0.361 e. The molecule has 5 nitrogen and oxygen atoms in total. The first-order chi connectivity index (χ1) is 15.5. The average Bonchev–Trinajstić information content (AvgIpc) is 3.45. The molecule has 0 spiro atoms. The summed E-state index contributed by atoms with van der Waals surface area (Å²) in [7, 11) is 0. The van der Waals surface area contributed by atoms with Gasteiger partial charge in [0.05, 0.1) is 0 Å². The van der Waals surface area contributed by atoms with Crippen LogP contribution in [0.25, 0.3) is 10.9 Å². The summed E-state index contributed by atoms with van der Waals surface area (Å²) in [4.78, 5) is 29.3. The number of benzene rings is 2. The number of fused-ring (bicyclic) bond motifs is 1. The number of nitrogens with one attached hydrogen (secondary N) is 3. The number of carbonyl (C=O) groups excluding carboxylic acids is 2. The first-order valence-corrected chi connectivity index (χ1v) is 11.7. The van der Waals surface area contributed by atoms with Crippen molar-refractivity contribution in [3.05, 3.63) is 87.7 Å². The summed E-state index contributed by atoms with van der Waals surface area (Å²) in [5.41, 5.74) is 5.94. The van der Waals surface area contributed by atoms with Crippen molar-refractivity contribution >= 4 is 39.7 Å². The van der Waals surface area contributed by atoms with Gasteiger partial charge in [0.15, 0.2) is 0 Å². The number of carbonyl (C=O) groups is 2. The van der Waals surface area contributed by atoms with Gasteiger partial charge in [-0.25, -0.2) is 0 Å². The second kappa shape index (κ2) is 9.83. The second-order valence-electron chi connectivity index (χ2n) is 8.07. The van der Waals surface area contributed by atoms with Crippen LogP contribution in [-0.2, 0) is 22.4 Å². The molecule has 2 aromatic carbocycles. The van der Waals surface area contributed by atoms with Gasteiger partial charge in [0.1, 0.15) is 6.04 Å². The lowest BCUT2D eigenvalue weighted by Crippen LogP contribution is -2.45. The molecule has 4 rings (SSSR count). The highest BCUT2D eigenvalue weighted by Gasteiger charge is 2.23. The van der Waals surface area contributed by atoms with Crippen LogP contribution < -0.4 is 10.6 Å². The largest absolute Gasteiger partial charge is 0.361 e. The van der Waals surface area contributed by atoms with Crippen LogP contribution in [0.5, 0.6) is 0 Å². The number of aryl methyl sites for hydroxylation is 3. The van der Waals surface area contributed by atoms with Crippen LogP contribution in [0.3, 0.4) is 0 Å². The molecule has 0 aliphatic rings. The van der Waals surface area contributed by atoms with E-state index < -0.39 is 6.04 Å². The van der Waals surface area contributed by atoms with Gasteiger partial charge in [-0.15, -0.1) is 0 Å². The first-order valence-electron chi connectivity index (χ1n) is 10.7. The average molecular weight is 446 g/mol. The Hall–Kier alpha value is -3.38. The maximum atomic E-state index is 13.3. The van der Waals surface area contributed by atoms with E-state index in [9.17, 15) is 9.59 Å². The molecule has 3 N–H and O–H groups in total. The number of aromatic amines is 1. The zero-order chi connectivity index (χ0) is 22.5. The maximum Gasteiger partial charge on any atom is 0.247 e. The van der Waals surface area contributed by atoms with E-state index in [1.54, 1.807) is 11.3 Å². The van der Waals surface area contributed by atoms with Crippen molar-refractivity contribution in [1.82, 2.24) is 10.3 Å². The molecule has 0 saturated heterocycles. The zero-order valence-corrected chi connectivity index (χ0v) is 19.1. The first kappa shape index (κ1) is 21.8. The van der Waals surface area contributed by atoms with Crippen molar-refractivity contribution in [3.63, 3.8) is 0 Å². The van der Waals surface area contributed by atoms with Gasteiger partial charge in [-0.3, -0.25) is 9.59 Å².